The van der Waals surface area contributed by atoms with Gasteiger partial charge in [0.15, 0.2) is 6.10 Å². The van der Waals surface area contributed by atoms with E-state index in [0.717, 1.165) is 30.8 Å². The first-order valence-corrected chi connectivity index (χ1v) is 7.44. The molecule has 0 aliphatic carbocycles. The number of hydrogen-bond acceptors (Lipinski definition) is 3. The summed E-state index contributed by atoms with van der Waals surface area (Å²) >= 11 is 0. The first-order chi connectivity index (χ1) is 9.60. The Kier molecular flexibility index (Phi) is 4.88. The van der Waals surface area contributed by atoms with Crippen molar-refractivity contribution in [1.82, 2.24) is 5.32 Å². The van der Waals surface area contributed by atoms with Crippen LogP contribution in [0.5, 0.6) is 5.75 Å². The largest absolute Gasteiger partial charge is 0.481 e. The van der Waals surface area contributed by atoms with E-state index in [1.807, 2.05) is 26.0 Å². The summed E-state index contributed by atoms with van der Waals surface area (Å²) in [6.07, 6.45) is 2.71. The molecule has 2 unspecified atom stereocenters. The molecule has 0 spiro atoms. The lowest BCUT2D eigenvalue weighted by Crippen LogP contribution is -2.41. The maximum atomic E-state index is 12.0. The molecule has 0 fully saturated rings. The van der Waals surface area contributed by atoms with E-state index in [1.54, 1.807) is 6.92 Å². The molecular weight excluding hydrogens is 252 g/mol. The third-order valence-electron chi connectivity index (χ3n) is 3.70. The number of hydrogen-bond donors (Lipinski definition) is 2. The van der Waals surface area contributed by atoms with E-state index in [1.165, 1.54) is 12.0 Å². The molecule has 0 saturated carbocycles. The lowest BCUT2D eigenvalue weighted by atomic mass is 10.0. The third kappa shape index (κ3) is 3.65. The Morgan fingerprint density at radius 2 is 2.25 bits per heavy atom. The number of amides is 1. The lowest BCUT2D eigenvalue weighted by Gasteiger charge is -2.21. The molecule has 1 heterocycles. The first-order valence-electron chi connectivity index (χ1n) is 7.44. The van der Waals surface area contributed by atoms with Crippen molar-refractivity contribution < 1.29 is 9.53 Å². The normalized spacial score (nSPS) is 16.6. The molecule has 2 N–H and O–H groups in total. The fourth-order valence-corrected chi connectivity index (χ4v) is 2.23. The van der Waals surface area contributed by atoms with Crippen molar-refractivity contribution in [3.8, 4) is 5.75 Å². The number of anilines is 1. The van der Waals surface area contributed by atoms with Crippen LogP contribution < -0.4 is 15.4 Å². The lowest BCUT2D eigenvalue weighted by molar-refractivity contribution is -0.127. The predicted molar refractivity (Wildman–Crippen MR) is 81.2 cm³/mol. The minimum atomic E-state index is -0.481. The monoisotopic (exact) mass is 276 g/mol. The smallest absolute Gasteiger partial charge is 0.260 e. The minimum absolute atomic E-state index is 0.0648. The van der Waals surface area contributed by atoms with Crippen LogP contribution in [0.1, 0.15) is 39.2 Å². The second kappa shape index (κ2) is 6.64. The van der Waals surface area contributed by atoms with Crippen LogP contribution in [0.15, 0.2) is 18.2 Å². The predicted octanol–water partition coefficient (Wildman–Crippen LogP) is 2.73. The van der Waals surface area contributed by atoms with Gasteiger partial charge in [-0.25, -0.2) is 0 Å². The van der Waals surface area contributed by atoms with Crippen LogP contribution in [0, 0.1) is 0 Å². The number of carbonyl (C=O) groups excluding carboxylic acids is 1. The number of benzene rings is 1. The van der Waals surface area contributed by atoms with Gasteiger partial charge in [0.2, 0.25) is 0 Å². The molecule has 1 aromatic rings. The molecule has 1 aromatic carbocycles. The fraction of sp³-hybridized carbons (Fsp3) is 0.562. The minimum Gasteiger partial charge on any atom is -0.481 e. The first kappa shape index (κ1) is 14.7. The van der Waals surface area contributed by atoms with E-state index in [0.29, 0.717) is 0 Å². The number of rotatable bonds is 5. The van der Waals surface area contributed by atoms with Gasteiger partial charge in [-0.15, -0.1) is 0 Å². The fourth-order valence-electron chi connectivity index (χ4n) is 2.23. The Morgan fingerprint density at radius 3 is 3.00 bits per heavy atom. The molecule has 0 aromatic heterocycles. The molecule has 1 amide bonds. The van der Waals surface area contributed by atoms with E-state index in [4.69, 9.17) is 4.74 Å². The highest BCUT2D eigenvalue weighted by Gasteiger charge is 2.17. The Hall–Kier alpha value is -1.71. The van der Waals surface area contributed by atoms with Crippen molar-refractivity contribution >= 4 is 11.6 Å². The summed E-state index contributed by atoms with van der Waals surface area (Å²) in [4.78, 5) is 12.0. The molecular formula is C16H24N2O2. The Balaban J connectivity index is 1.97. The maximum Gasteiger partial charge on any atom is 0.260 e. The van der Waals surface area contributed by atoms with Gasteiger partial charge in [0, 0.05) is 24.3 Å². The van der Waals surface area contributed by atoms with Gasteiger partial charge in [0.1, 0.15) is 5.75 Å². The van der Waals surface area contributed by atoms with E-state index in [9.17, 15) is 4.79 Å². The third-order valence-corrected chi connectivity index (χ3v) is 3.70. The summed E-state index contributed by atoms with van der Waals surface area (Å²) in [6.45, 7) is 6.82. The van der Waals surface area contributed by atoms with Gasteiger partial charge in [-0.05, 0) is 44.7 Å². The quantitative estimate of drug-likeness (QED) is 0.869. The van der Waals surface area contributed by atoms with Crippen molar-refractivity contribution in [3.63, 3.8) is 0 Å². The molecule has 2 rings (SSSR count). The van der Waals surface area contributed by atoms with Crippen molar-refractivity contribution in [2.75, 3.05) is 11.9 Å². The highest BCUT2D eigenvalue weighted by Crippen LogP contribution is 2.27. The Bertz CT molecular complexity index is 474. The molecule has 20 heavy (non-hydrogen) atoms. The molecule has 4 heteroatoms. The summed E-state index contributed by atoms with van der Waals surface area (Å²) in [5, 5.41) is 6.30. The summed E-state index contributed by atoms with van der Waals surface area (Å²) in [6, 6.07) is 6.19. The molecule has 0 bridgehead atoms. The highest BCUT2D eigenvalue weighted by atomic mass is 16.5. The van der Waals surface area contributed by atoms with Gasteiger partial charge in [-0.3, -0.25) is 4.79 Å². The number of fused-ring (bicyclic) bond motifs is 1. The zero-order chi connectivity index (χ0) is 14.5. The standard InChI is InChI=1S/C16H24N2O2/c1-4-11(2)18-16(19)12(3)20-14-8-7-13-6-5-9-17-15(13)10-14/h7-8,10-12,17H,4-6,9H2,1-3H3,(H,18,19). The molecule has 1 aliphatic rings. The van der Waals surface area contributed by atoms with Crippen LogP contribution in [-0.4, -0.2) is 24.6 Å². The van der Waals surface area contributed by atoms with Crippen LogP contribution in [0.4, 0.5) is 5.69 Å². The van der Waals surface area contributed by atoms with Crippen LogP contribution in [0.3, 0.4) is 0 Å². The van der Waals surface area contributed by atoms with Gasteiger partial charge in [-0.1, -0.05) is 13.0 Å². The maximum absolute atomic E-state index is 12.0. The van der Waals surface area contributed by atoms with Crippen LogP contribution in [0.25, 0.3) is 0 Å². The van der Waals surface area contributed by atoms with Crippen molar-refractivity contribution in [1.29, 1.82) is 0 Å². The molecule has 110 valence electrons. The topological polar surface area (TPSA) is 50.4 Å². The zero-order valence-electron chi connectivity index (χ0n) is 12.5. The highest BCUT2D eigenvalue weighted by molar-refractivity contribution is 5.81. The zero-order valence-corrected chi connectivity index (χ0v) is 12.5. The summed E-state index contributed by atoms with van der Waals surface area (Å²) in [5.74, 6) is 0.676. The van der Waals surface area contributed by atoms with Gasteiger partial charge in [-0.2, -0.15) is 0 Å². The second-order valence-corrected chi connectivity index (χ2v) is 5.43. The van der Waals surface area contributed by atoms with Crippen LogP contribution in [-0.2, 0) is 11.2 Å². The number of carbonyl (C=O) groups is 1. The van der Waals surface area contributed by atoms with Crippen LogP contribution >= 0.6 is 0 Å². The average molecular weight is 276 g/mol. The van der Waals surface area contributed by atoms with Crippen molar-refractivity contribution in [2.24, 2.45) is 0 Å². The van der Waals surface area contributed by atoms with Gasteiger partial charge < -0.3 is 15.4 Å². The number of aryl methyl sites for hydroxylation is 1. The number of nitrogens with one attached hydrogen (secondary N) is 2. The van der Waals surface area contributed by atoms with E-state index in [-0.39, 0.29) is 11.9 Å². The Labute approximate surface area is 120 Å². The summed E-state index contributed by atoms with van der Waals surface area (Å²) in [5.41, 5.74) is 2.45. The molecule has 1 aliphatic heterocycles. The van der Waals surface area contributed by atoms with Gasteiger partial charge >= 0.3 is 0 Å². The van der Waals surface area contributed by atoms with Crippen LogP contribution in [0.2, 0.25) is 0 Å². The summed E-state index contributed by atoms with van der Waals surface area (Å²) in [7, 11) is 0. The van der Waals surface area contributed by atoms with E-state index < -0.39 is 6.10 Å². The number of ether oxygens (including phenoxy) is 1. The molecule has 0 radical (unpaired) electrons. The second-order valence-electron chi connectivity index (χ2n) is 5.43. The van der Waals surface area contributed by atoms with E-state index >= 15 is 0 Å². The average Bonchev–Trinajstić information content (AvgIpc) is 2.46. The molecule has 2 atom stereocenters. The van der Waals surface area contributed by atoms with Crippen molar-refractivity contribution in [2.45, 2.75) is 52.2 Å². The summed E-state index contributed by atoms with van der Waals surface area (Å²) < 4.78 is 5.74. The van der Waals surface area contributed by atoms with Crippen molar-refractivity contribution in [3.05, 3.63) is 23.8 Å². The van der Waals surface area contributed by atoms with Gasteiger partial charge in [0.25, 0.3) is 5.91 Å². The SMILES string of the molecule is CCC(C)NC(=O)C(C)Oc1ccc2c(c1)NCCC2. The Morgan fingerprint density at radius 1 is 1.45 bits per heavy atom. The molecule has 0 saturated heterocycles. The van der Waals surface area contributed by atoms with E-state index in [2.05, 4.69) is 16.7 Å². The molecule has 4 nitrogen and oxygen atoms in total. The van der Waals surface area contributed by atoms with Gasteiger partial charge in [0.05, 0.1) is 0 Å².